The van der Waals surface area contributed by atoms with E-state index in [-0.39, 0.29) is 11.3 Å². The maximum Gasteiger partial charge on any atom is 0.335 e. The number of aromatic hydroxyl groups is 1. The molecule has 3 rings (SSSR count). The number of carbonyl (C=O) groups is 1. The number of fused-ring (bicyclic) bond motifs is 1. The van der Waals surface area contributed by atoms with Crippen molar-refractivity contribution in [1.82, 2.24) is 4.98 Å². The average molecular weight is 271 g/mol. The van der Waals surface area contributed by atoms with Gasteiger partial charge in [0, 0.05) is 10.9 Å². The molecule has 0 aliphatic heterocycles. The molecule has 0 fully saturated rings. The molecule has 5 heteroatoms. The van der Waals surface area contributed by atoms with Crippen LogP contribution in [0.2, 0.25) is 0 Å². The van der Waals surface area contributed by atoms with E-state index in [2.05, 4.69) is 4.98 Å². The standard InChI is InChI=1S/C14H9NO3S/c16-10-1-2-12-9(5-10)7-13(19-12)11-6-8(14(17)18)3-4-15-11/h1-7,16H,(H,17,18). The second-order valence-electron chi connectivity index (χ2n) is 4.07. The van der Waals surface area contributed by atoms with Gasteiger partial charge < -0.3 is 10.2 Å². The van der Waals surface area contributed by atoms with Crippen LogP contribution in [0.3, 0.4) is 0 Å². The third-order valence-corrected chi connectivity index (χ3v) is 3.90. The molecule has 0 saturated carbocycles. The minimum Gasteiger partial charge on any atom is -0.508 e. The fourth-order valence-corrected chi connectivity index (χ4v) is 2.87. The van der Waals surface area contributed by atoms with Crippen LogP contribution in [0.25, 0.3) is 20.7 Å². The summed E-state index contributed by atoms with van der Waals surface area (Å²) in [6.45, 7) is 0. The Balaban J connectivity index is 2.13. The Bertz CT molecular complexity index is 779. The molecule has 0 aliphatic rings. The maximum absolute atomic E-state index is 10.9. The SMILES string of the molecule is O=C(O)c1ccnc(-c2cc3cc(O)ccc3s2)c1. The van der Waals surface area contributed by atoms with Crippen LogP contribution in [-0.2, 0) is 0 Å². The van der Waals surface area contributed by atoms with Crippen LogP contribution in [-0.4, -0.2) is 21.2 Å². The molecule has 1 aromatic carbocycles. The van der Waals surface area contributed by atoms with Crippen molar-refractivity contribution in [1.29, 1.82) is 0 Å². The molecule has 0 atom stereocenters. The van der Waals surface area contributed by atoms with Gasteiger partial charge in [0.05, 0.1) is 16.1 Å². The van der Waals surface area contributed by atoms with E-state index < -0.39 is 5.97 Å². The molecule has 0 bridgehead atoms. The van der Waals surface area contributed by atoms with Crippen molar-refractivity contribution in [2.45, 2.75) is 0 Å². The Morgan fingerprint density at radius 1 is 1.16 bits per heavy atom. The van der Waals surface area contributed by atoms with E-state index in [1.807, 2.05) is 12.1 Å². The van der Waals surface area contributed by atoms with Crippen molar-refractivity contribution in [3.8, 4) is 16.3 Å². The predicted octanol–water partition coefficient (Wildman–Crippen LogP) is 3.37. The van der Waals surface area contributed by atoms with Gasteiger partial charge in [-0.05, 0) is 41.8 Å². The van der Waals surface area contributed by atoms with Crippen LogP contribution < -0.4 is 0 Å². The molecule has 0 radical (unpaired) electrons. The number of phenolic OH excluding ortho intramolecular Hbond substituents is 1. The van der Waals surface area contributed by atoms with Crippen LogP contribution >= 0.6 is 11.3 Å². The topological polar surface area (TPSA) is 70.4 Å². The number of rotatable bonds is 2. The van der Waals surface area contributed by atoms with Gasteiger partial charge >= 0.3 is 5.97 Å². The number of hydrogen-bond acceptors (Lipinski definition) is 4. The van der Waals surface area contributed by atoms with Gasteiger partial charge in [-0.25, -0.2) is 4.79 Å². The highest BCUT2D eigenvalue weighted by Gasteiger charge is 2.09. The molecular formula is C14H9NO3S. The van der Waals surface area contributed by atoms with Gasteiger partial charge in [0.2, 0.25) is 0 Å². The predicted molar refractivity (Wildman–Crippen MR) is 73.7 cm³/mol. The van der Waals surface area contributed by atoms with Gasteiger partial charge in [-0.1, -0.05) is 0 Å². The number of hydrogen-bond donors (Lipinski definition) is 2. The van der Waals surface area contributed by atoms with Crippen LogP contribution in [0.4, 0.5) is 0 Å². The van der Waals surface area contributed by atoms with Crippen LogP contribution in [0.5, 0.6) is 5.75 Å². The maximum atomic E-state index is 10.9. The van der Waals surface area contributed by atoms with E-state index in [0.717, 1.165) is 15.0 Å². The lowest BCUT2D eigenvalue weighted by Gasteiger charge is -1.97. The molecule has 94 valence electrons. The molecule has 0 saturated heterocycles. The lowest BCUT2D eigenvalue weighted by Crippen LogP contribution is -1.96. The van der Waals surface area contributed by atoms with Gasteiger partial charge in [-0.2, -0.15) is 0 Å². The number of nitrogens with zero attached hydrogens (tertiary/aromatic N) is 1. The van der Waals surface area contributed by atoms with Crippen molar-refractivity contribution < 1.29 is 15.0 Å². The Kier molecular flexibility index (Phi) is 2.68. The highest BCUT2D eigenvalue weighted by Crippen LogP contribution is 2.34. The smallest absolute Gasteiger partial charge is 0.335 e. The largest absolute Gasteiger partial charge is 0.508 e. The quantitative estimate of drug-likeness (QED) is 0.749. The van der Waals surface area contributed by atoms with Gasteiger partial charge in [-0.15, -0.1) is 11.3 Å². The highest BCUT2D eigenvalue weighted by atomic mass is 32.1. The van der Waals surface area contributed by atoms with Crippen molar-refractivity contribution >= 4 is 27.4 Å². The molecule has 0 aliphatic carbocycles. The monoisotopic (exact) mass is 271 g/mol. The summed E-state index contributed by atoms with van der Waals surface area (Å²) >= 11 is 1.51. The van der Waals surface area contributed by atoms with E-state index in [1.54, 1.807) is 18.2 Å². The number of carboxylic acids is 1. The first-order valence-corrected chi connectivity index (χ1v) is 6.37. The Labute approximate surface area is 112 Å². The summed E-state index contributed by atoms with van der Waals surface area (Å²) in [6, 6.07) is 10.0. The number of benzene rings is 1. The number of thiophene rings is 1. The highest BCUT2D eigenvalue weighted by molar-refractivity contribution is 7.22. The van der Waals surface area contributed by atoms with Gasteiger partial charge in [-0.3, -0.25) is 4.98 Å². The van der Waals surface area contributed by atoms with Crippen molar-refractivity contribution in [2.75, 3.05) is 0 Å². The van der Waals surface area contributed by atoms with Crippen molar-refractivity contribution in [3.05, 3.63) is 48.2 Å². The lowest BCUT2D eigenvalue weighted by atomic mass is 10.2. The third-order valence-electron chi connectivity index (χ3n) is 2.76. The summed E-state index contributed by atoms with van der Waals surface area (Å²) < 4.78 is 1.02. The average Bonchev–Trinajstić information content (AvgIpc) is 2.81. The second-order valence-corrected chi connectivity index (χ2v) is 5.15. The van der Waals surface area contributed by atoms with Gasteiger partial charge in [0.1, 0.15) is 5.75 Å². The van der Waals surface area contributed by atoms with Crippen LogP contribution in [0, 0.1) is 0 Å². The zero-order valence-corrected chi connectivity index (χ0v) is 10.5. The first-order chi connectivity index (χ1) is 9.13. The van der Waals surface area contributed by atoms with Crippen molar-refractivity contribution in [2.24, 2.45) is 0 Å². The Morgan fingerprint density at radius 2 is 2.00 bits per heavy atom. The number of pyridine rings is 1. The summed E-state index contributed by atoms with van der Waals surface area (Å²) in [5.74, 6) is -0.758. The molecule has 2 heterocycles. The molecular weight excluding hydrogens is 262 g/mol. The molecule has 0 unspecified atom stereocenters. The summed E-state index contributed by atoms with van der Waals surface area (Å²) in [7, 11) is 0. The molecule has 2 aromatic heterocycles. The van der Waals surface area contributed by atoms with E-state index in [9.17, 15) is 9.90 Å². The number of carboxylic acid groups (broad SMARTS) is 1. The van der Waals surface area contributed by atoms with Gasteiger partial charge in [0.15, 0.2) is 0 Å². The summed E-state index contributed by atoms with van der Waals surface area (Å²) in [5.41, 5.74) is 0.839. The molecule has 4 nitrogen and oxygen atoms in total. The Morgan fingerprint density at radius 3 is 2.79 bits per heavy atom. The zero-order valence-electron chi connectivity index (χ0n) is 9.70. The molecule has 2 N–H and O–H groups in total. The minimum absolute atomic E-state index is 0.212. The fourth-order valence-electron chi connectivity index (χ4n) is 1.86. The number of aromatic carboxylic acids is 1. The van der Waals surface area contributed by atoms with Gasteiger partial charge in [0.25, 0.3) is 0 Å². The van der Waals surface area contributed by atoms with Crippen molar-refractivity contribution in [3.63, 3.8) is 0 Å². The normalized spacial score (nSPS) is 10.7. The summed E-state index contributed by atoms with van der Waals surface area (Å²) in [4.78, 5) is 16.0. The number of aromatic nitrogens is 1. The van der Waals surface area contributed by atoms with E-state index in [1.165, 1.54) is 23.6 Å². The molecule has 3 aromatic rings. The van der Waals surface area contributed by atoms with Crippen LogP contribution in [0.1, 0.15) is 10.4 Å². The van der Waals surface area contributed by atoms with E-state index in [4.69, 9.17) is 5.11 Å². The first kappa shape index (κ1) is 11.7. The van der Waals surface area contributed by atoms with E-state index in [0.29, 0.717) is 5.69 Å². The molecule has 0 spiro atoms. The molecule has 19 heavy (non-hydrogen) atoms. The fraction of sp³-hybridized carbons (Fsp3) is 0. The lowest BCUT2D eigenvalue weighted by molar-refractivity contribution is 0.0697. The zero-order chi connectivity index (χ0) is 13.4. The summed E-state index contributed by atoms with van der Waals surface area (Å²) in [5, 5.41) is 19.3. The number of phenols is 1. The minimum atomic E-state index is -0.970. The van der Waals surface area contributed by atoms with Crippen LogP contribution in [0.15, 0.2) is 42.6 Å². The molecule has 0 amide bonds. The second kappa shape index (κ2) is 4.37. The Hall–Kier alpha value is -2.40. The third kappa shape index (κ3) is 2.15. The first-order valence-electron chi connectivity index (χ1n) is 5.56. The summed E-state index contributed by atoms with van der Waals surface area (Å²) in [6.07, 6.45) is 1.49. The van der Waals surface area contributed by atoms with E-state index >= 15 is 0 Å².